The molecule has 0 unspecified atom stereocenters. The number of hydroxylamine groups is 1. The molecule has 0 amide bonds. The van der Waals surface area contributed by atoms with E-state index < -0.39 is 0 Å². The first-order valence-corrected chi connectivity index (χ1v) is 12.3. The molecular weight excluding hydrogens is 354 g/mol. The van der Waals surface area contributed by atoms with Crippen LogP contribution < -0.4 is 5.48 Å². The van der Waals surface area contributed by atoms with Crippen molar-refractivity contribution in [3.63, 3.8) is 0 Å². The van der Waals surface area contributed by atoms with Gasteiger partial charge in [0.05, 0.1) is 6.61 Å². The van der Waals surface area contributed by atoms with E-state index in [4.69, 9.17) is 4.84 Å². The number of allylic oxidation sites excluding steroid dienone is 4. The highest BCUT2D eigenvalue weighted by atomic mass is 16.6. The average molecular weight is 404 g/mol. The van der Waals surface area contributed by atoms with Crippen LogP contribution >= 0.6 is 0 Å². The predicted octanol–water partition coefficient (Wildman–Crippen LogP) is 8.17. The van der Waals surface area contributed by atoms with Gasteiger partial charge in [-0.2, -0.15) is 5.48 Å². The third-order valence-corrected chi connectivity index (χ3v) is 6.16. The summed E-state index contributed by atoms with van der Waals surface area (Å²) >= 11 is 0. The molecule has 0 radical (unpaired) electrons. The fourth-order valence-electron chi connectivity index (χ4n) is 4.00. The Hall–Kier alpha value is -0.860. The molecule has 2 atom stereocenters. The maximum Gasteiger partial charge on any atom is 0.0866 e. The molecule has 1 rings (SSSR count). The van der Waals surface area contributed by atoms with Gasteiger partial charge in [-0.3, -0.25) is 4.84 Å². The van der Waals surface area contributed by atoms with Crippen molar-refractivity contribution in [1.29, 1.82) is 0 Å². The zero-order chi connectivity index (χ0) is 21.3. The normalized spacial score (nSPS) is 16.9. The lowest BCUT2D eigenvalue weighted by atomic mass is 9.91. The standard InChI is InChI=1S/C27H49NO/c1-23(2)12-9-13-24(3)14-10-15-25(4)16-11-17-26(5)20-21-29-28-22-27-18-7-6-8-19-27/h6-7,18,20,23-25,28H,8-17,19,21-22H2,1-5H3/b26-20+/t24-,25-/m1/s1. The van der Waals surface area contributed by atoms with Crippen LogP contribution in [0, 0.1) is 17.8 Å². The highest BCUT2D eigenvalue weighted by Gasteiger charge is 2.06. The number of nitrogens with one attached hydrogen (secondary N) is 1. The molecule has 0 aromatic rings. The molecule has 1 aliphatic rings. The van der Waals surface area contributed by atoms with Crippen molar-refractivity contribution in [2.45, 2.75) is 105 Å². The van der Waals surface area contributed by atoms with Gasteiger partial charge >= 0.3 is 0 Å². The predicted molar refractivity (Wildman–Crippen MR) is 129 cm³/mol. The van der Waals surface area contributed by atoms with Gasteiger partial charge in [-0.05, 0) is 50.4 Å². The van der Waals surface area contributed by atoms with Gasteiger partial charge in [-0.15, -0.1) is 0 Å². The van der Waals surface area contributed by atoms with E-state index in [-0.39, 0.29) is 0 Å². The van der Waals surface area contributed by atoms with Crippen molar-refractivity contribution in [2.24, 2.45) is 17.8 Å². The Balaban J connectivity index is 1.97. The summed E-state index contributed by atoms with van der Waals surface area (Å²) in [5, 5.41) is 0. The first-order chi connectivity index (χ1) is 14.0. The maximum absolute atomic E-state index is 5.56. The average Bonchev–Trinajstić information content (AvgIpc) is 2.68. The van der Waals surface area contributed by atoms with Gasteiger partial charge in [0.1, 0.15) is 0 Å². The SMILES string of the molecule is C/C(=C\CONCC1=CC=CCC1)CCC[C@H](C)CCC[C@H](C)CCCC(C)C. The first kappa shape index (κ1) is 26.2. The zero-order valence-corrected chi connectivity index (χ0v) is 20.1. The third-order valence-electron chi connectivity index (χ3n) is 6.16. The van der Waals surface area contributed by atoms with Crippen molar-refractivity contribution in [3.8, 4) is 0 Å². The molecule has 0 aromatic heterocycles. The summed E-state index contributed by atoms with van der Waals surface area (Å²) in [5.74, 6) is 2.63. The molecule has 0 bridgehead atoms. The van der Waals surface area contributed by atoms with Gasteiger partial charge in [-0.1, -0.05) is 108 Å². The summed E-state index contributed by atoms with van der Waals surface area (Å²) in [6, 6.07) is 0. The van der Waals surface area contributed by atoms with E-state index in [9.17, 15) is 0 Å². The van der Waals surface area contributed by atoms with E-state index in [0.29, 0.717) is 6.61 Å². The minimum Gasteiger partial charge on any atom is -0.297 e. The molecule has 0 saturated carbocycles. The summed E-state index contributed by atoms with van der Waals surface area (Å²) in [5.41, 5.74) is 5.97. The summed E-state index contributed by atoms with van der Waals surface area (Å²) in [6.07, 6.45) is 23.4. The molecule has 168 valence electrons. The number of rotatable bonds is 17. The minimum atomic E-state index is 0.666. The van der Waals surface area contributed by atoms with Gasteiger partial charge in [0.15, 0.2) is 0 Å². The van der Waals surface area contributed by atoms with E-state index in [2.05, 4.69) is 64.4 Å². The minimum absolute atomic E-state index is 0.666. The van der Waals surface area contributed by atoms with Gasteiger partial charge in [0.25, 0.3) is 0 Å². The lowest BCUT2D eigenvalue weighted by molar-refractivity contribution is 0.0681. The van der Waals surface area contributed by atoms with E-state index in [1.807, 2.05) is 0 Å². The topological polar surface area (TPSA) is 21.3 Å². The Morgan fingerprint density at radius 2 is 1.66 bits per heavy atom. The third kappa shape index (κ3) is 15.6. The molecular formula is C27H49NO. The molecule has 0 heterocycles. The Morgan fingerprint density at radius 1 is 1.00 bits per heavy atom. The molecule has 1 N–H and O–H groups in total. The lowest BCUT2D eigenvalue weighted by Gasteiger charge is -2.15. The van der Waals surface area contributed by atoms with E-state index >= 15 is 0 Å². The van der Waals surface area contributed by atoms with E-state index in [1.165, 1.54) is 68.9 Å². The first-order valence-electron chi connectivity index (χ1n) is 12.3. The quantitative estimate of drug-likeness (QED) is 0.150. The second kappa shape index (κ2) is 16.9. The van der Waals surface area contributed by atoms with Crippen LogP contribution in [0.25, 0.3) is 0 Å². The van der Waals surface area contributed by atoms with Crippen LogP contribution in [-0.4, -0.2) is 13.2 Å². The zero-order valence-electron chi connectivity index (χ0n) is 20.1. The largest absolute Gasteiger partial charge is 0.297 e. The van der Waals surface area contributed by atoms with Crippen molar-refractivity contribution < 1.29 is 4.84 Å². The van der Waals surface area contributed by atoms with Crippen molar-refractivity contribution in [1.82, 2.24) is 5.48 Å². The number of hydrogen-bond donors (Lipinski definition) is 1. The Kier molecular flexibility index (Phi) is 15.2. The molecule has 2 nitrogen and oxygen atoms in total. The fourth-order valence-corrected chi connectivity index (χ4v) is 4.00. The van der Waals surface area contributed by atoms with Gasteiger partial charge in [0, 0.05) is 6.54 Å². The summed E-state index contributed by atoms with van der Waals surface area (Å²) in [7, 11) is 0. The molecule has 0 aromatic carbocycles. The van der Waals surface area contributed by atoms with Crippen LogP contribution in [0.1, 0.15) is 105 Å². The van der Waals surface area contributed by atoms with Crippen LogP contribution in [0.4, 0.5) is 0 Å². The van der Waals surface area contributed by atoms with Crippen molar-refractivity contribution >= 4 is 0 Å². The fraction of sp³-hybridized carbons (Fsp3) is 0.778. The maximum atomic E-state index is 5.56. The highest BCUT2D eigenvalue weighted by molar-refractivity contribution is 5.18. The van der Waals surface area contributed by atoms with Crippen molar-refractivity contribution in [2.75, 3.05) is 13.2 Å². The lowest BCUT2D eigenvalue weighted by Crippen LogP contribution is -2.18. The van der Waals surface area contributed by atoms with Gasteiger partial charge in [-0.25, -0.2) is 0 Å². The Labute approximate surface area is 182 Å². The van der Waals surface area contributed by atoms with Crippen LogP contribution in [-0.2, 0) is 4.84 Å². The molecule has 0 saturated heterocycles. The van der Waals surface area contributed by atoms with Crippen LogP contribution in [0.5, 0.6) is 0 Å². The summed E-state index contributed by atoms with van der Waals surface area (Å²) in [6.45, 7) is 13.3. The molecule has 0 fully saturated rings. The molecule has 29 heavy (non-hydrogen) atoms. The highest BCUT2D eigenvalue weighted by Crippen LogP contribution is 2.22. The Bertz CT molecular complexity index is 489. The van der Waals surface area contributed by atoms with E-state index in [0.717, 1.165) is 37.1 Å². The van der Waals surface area contributed by atoms with Crippen molar-refractivity contribution in [3.05, 3.63) is 35.5 Å². The van der Waals surface area contributed by atoms with Crippen LogP contribution in [0.15, 0.2) is 35.5 Å². The van der Waals surface area contributed by atoms with E-state index in [1.54, 1.807) is 0 Å². The molecule has 0 aliphatic heterocycles. The monoisotopic (exact) mass is 403 g/mol. The number of hydrogen-bond acceptors (Lipinski definition) is 2. The Morgan fingerprint density at radius 3 is 2.28 bits per heavy atom. The summed E-state index contributed by atoms with van der Waals surface area (Å²) in [4.78, 5) is 5.56. The van der Waals surface area contributed by atoms with Gasteiger partial charge in [0.2, 0.25) is 0 Å². The van der Waals surface area contributed by atoms with Crippen LogP contribution in [0.3, 0.4) is 0 Å². The van der Waals surface area contributed by atoms with Gasteiger partial charge < -0.3 is 0 Å². The second-order valence-corrected chi connectivity index (χ2v) is 9.83. The smallest absolute Gasteiger partial charge is 0.0866 e. The second-order valence-electron chi connectivity index (χ2n) is 9.83. The molecule has 1 aliphatic carbocycles. The summed E-state index contributed by atoms with van der Waals surface area (Å²) < 4.78 is 0. The van der Waals surface area contributed by atoms with Crippen LogP contribution in [0.2, 0.25) is 0 Å². The molecule has 2 heteroatoms. The molecule has 0 spiro atoms.